The van der Waals surface area contributed by atoms with Gasteiger partial charge in [0.15, 0.2) is 0 Å². The minimum absolute atomic E-state index is 0.104. The summed E-state index contributed by atoms with van der Waals surface area (Å²) in [6.45, 7) is 1.55. The number of carbonyl (C=O) groups is 2. The Labute approximate surface area is 156 Å². The Hall–Kier alpha value is -3.28. The van der Waals surface area contributed by atoms with Gasteiger partial charge in [0, 0.05) is 25.1 Å². The summed E-state index contributed by atoms with van der Waals surface area (Å²) in [6.07, 6.45) is 2.00. The number of carbonyl (C=O) groups excluding carboxylic acids is 2. The zero-order chi connectivity index (χ0) is 19.2. The molecule has 0 atom stereocenters. The van der Waals surface area contributed by atoms with Crippen molar-refractivity contribution < 1.29 is 14.0 Å². The van der Waals surface area contributed by atoms with Gasteiger partial charge in [-0.2, -0.15) is 0 Å². The molecule has 6 heteroatoms. The molecule has 0 bridgehead atoms. The Morgan fingerprint density at radius 3 is 2.63 bits per heavy atom. The minimum atomic E-state index is -0.322. The molecule has 0 aliphatic rings. The molecule has 138 valence electrons. The zero-order valence-corrected chi connectivity index (χ0v) is 15.0. The Morgan fingerprint density at radius 1 is 1.07 bits per heavy atom. The summed E-state index contributed by atoms with van der Waals surface area (Å²) in [7, 11) is 0. The maximum absolute atomic E-state index is 13.7. The van der Waals surface area contributed by atoms with E-state index in [1.165, 1.54) is 17.9 Å². The molecule has 0 radical (unpaired) electrons. The van der Waals surface area contributed by atoms with Gasteiger partial charge in [-0.25, -0.2) is 4.39 Å². The molecule has 1 N–H and O–H groups in total. The number of benzene rings is 2. The summed E-state index contributed by atoms with van der Waals surface area (Å²) in [5, 5.41) is 3.73. The minimum Gasteiger partial charge on any atom is -0.333 e. The van der Waals surface area contributed by atoms with Gasteiger partial charge in [0.2, 0.25) is 11.8 Å². The summed E-state index contributed by atoms with van der Waals surface area (Å²) in [4.78, 5) is 30.0. The molecule has 27 heavy (non-hydrogen) atoms. The lowest BCUT2D eigenvalue weighted by atomic mass is 10.1. The molecule has 1 aromatic heterocycles. The van der Waals surface area contributed by atoms with E-state index in [1.54, 1.807) is 30.5 Å². The van der Waals surface area contributed by atoms with Crippen LogP contribution in [0.25, 0.3) is 10.9 Å². The van der Waals surface area contributed by atoms with E-state index in [2.05, 4.69) is 10.3 Å². The molecule has 2 aromatic carbocycles. The van der Waals surface area contributed by atoms with Crippen molar-refractivity contribution in [3.8, 4) is 0 Å². The van der Waals surface area contributed by atoms with E-state index in [4.69, 9.17) is 0 Å². The molecule has 3 aromatic rings. The van der Waals surface area contributed by atoms with E-state index >= 15 is 0 Å². The van der Waals surface area contributed by atoms with Gasteiger partial charge in [0.1, 0.15) is 5.82 Å². The number of hydrogen-bond donors (Lipinski definition) is 1. The smallest absolute Gasteiger partial charge is 0.244 e. The molecule has 0 unspecified atom stereocenters. The van der Waals surface area contributed by atoms with Crippen molar-refractivity contribution in [2.45, 2.75) is 13.3 Å². The SMILES string of the molecule is CC(=O)N(CCc1ccccc1F)CC(=O)Nc1cccc2cccnc12. The number of hydrogen-bond acceptors (Lipinski definition) is 3. The first-order chi connectivity index (χ1) is 13.0. The molecule has 0 aliphatic heterocycles. The second kappa shape index (κ2) is 8.40. The molecular weight excluding hydrogens is 345 g/mol. The highest BCUT2D eigenvalue weighted by Gasteiger charge is 2.15. The molecule has 0 spiro atoms. The summed E-state index contributed by atoms with van der Waals surface area (Å²) >= 11 is 0. The highest BCUT2D eigenvalue weighted by molar-refractivity contribution is 6.01. The average Bonchev–Trinajstić information content (AvgIpc) is 2.66. The lowest BCUT2D eigenvalue weighted by Crippen LogP contribution is -2.38. The van der Waals surface area contributed by atoms with Crippen LogP contribution in [0.2, 0.25) is 0 Å². The Kier molecular flexibility index (Phi) is 5.76. The number of nitrogens with zero attached hydrogens (tertiary/aromatic N) is 2. The largest absolute Gasteiger partial charge is 0.333 e. The summed E-state index contributed by atoms with van der Waals surface area (Å²) in [5.74, 6) is -0.873. The number of fused-ring (bicyclic) bond motifs is 1. The Balaban J connectivity index is 1.66. The van der Waals surface area contributed by atoms with E-state index in [0.717, 1.165) is 5.39 Å². The zero-order valence-electron chi connectivity index (χ0n) is 15.0. The number of amides is 2. The van der Waals surface area contributed by atoms with Crippen LogP contribution < -0.4 is 5.32 Å². The molecule has 1 heterocycles. The number of anilines is 1. The van der Waals surface area contributed by atoms with E-state index < -0.39 is 0 Å². The van der Waals surface area contributed by atoms with Crippen LogP contribution in [-0.4, -0.2) is 34.8 Å². The van der Waals surface area contributed by atoms with E-state index in [-0.39, 0.29) is 30.7 Å². The Bertz CT molecular complexity index is 969. The third-order valence-electron chi connectivity index (χ3n) is 4.30. The van der Waals surface area contributed by atoms with Gasteiger partial charge in [-0.3, -0.25) is 14.6 Å². The molecule has 5 nitrogen and oxygen atoms in total. The number of pyridine rings is 1. The Morgan fingerprint density at radius 2 is 1.85 bits per heavy atom. The van der Waals surface area contributed by atoms with Crippen LogP contribution in [0.4, 0.5) is 10.1 Å². The van der Waals surface area contributed by atoms with Crippen LogP contribution in [0, 0.1) is 5.82 Å². The van der Waals surface area contributed by atoms with Crippen molar-refractivity contribution in [2.24, 2.45) is 0 Å². The summed E-state index contributed by atoms with van der Waals surface area (Å²) in [6, 6.07) is 15.7. The second-order valence-corrected chi connectivity index (χ2v) is 6.21. The maximum atomic E-state index is 13.7. The molecular formula is C21H20FN3O2. The predicted molar refractivity (Wildman–Crippen MR) is 103 cm³/mol. The second-order valence-electron chi connectivity index (χ2n) is 6.21. The van der Waals surface area contributed by atoms with Crippen molar-refractivity contribution in [1.82, 2.24) is 9.88 Å². The highest BCUT2D eigenvalue weighted by Crippen LogP contribution is 2.20. The van der Waals surface area contributed by atoms with Crippen molar-refractivity contribution in [3.63, 3.8) is 0 Å². The maximum Gasteiger partial charge on any atom is 0.244 e. The number of nitrogens with one attached hydrogen (secondary N) is 1. The molecule has 3 rings (SSSR count). The van der Waals surface area contributed by atoms with Crippen LogP contribution >= 0.6 is 0 Å². The van der Waals surface area contributed by atoms with Crippen LogP contribution in [0.1, 0.15) is 12.5 Å². The van der Waals surface area contributed by atoms with Gasteiger partial charge in [-0.1, -0.05) is 36.4 Å². The van der Waals surface area contributed by atoms with Gasteiger partial charge >= 0.3 is 0 Å². The van der Waals surface area contributed by atoms with Crippen molar-refractivity contribution >= 4 is 28.4 Å². The van der Waals surface area contributed by atoms with Gasteiger partial charge in [0.05, 0.1) is 17.7 Å². The molecule has 0 fully saturated rings. The molecule has 2 amide bonds. The molecule has 0 aliphatic carbocycles. The fourth-order valence-corrected chi connectivity index (χ4v) is 2.87. The highest BCUT2D eigenvalue weighted by atomic mass is 19.1. The number of aromatic nitrogens is 1. The number of rotatable bonds is 6. The first kappa shape index (κ1) is 18.5. The van der Waals surface area contributed by atoms with Gasteiger partial charge in [-0.15, -0.1) is 0 Å². The normalized spacial score (nSPS) is 10.6. The van der Waals surface area contributed by atoms with Gasteiger partial charge in [0.25, 0.3) is 0 Å². The lowest BCUT2D eigenvalue weighted by molar-refractivity contribution is -0.132. The van der Waals surface area contributed by atoms with E-state index in [0.29, 0.717) is 23.2 Å². The van der Waals surface area contributed by atoms with E-state index in [9.17, 15) is 14.0 Å². The fraction of sp³-hybridized carbons (Fsp3) is 0.190. The van der Waals surface area contributed by atoms with Crippen molar-refractivity contribution in [3.05, 3.63) is 72.2 Å². The lowest BCUT2D eigenvalue weighted by Gasteiger charge is -2.21. The van der Waals surface area contributed by atoms with Crippen LogP contribution in [-0.2, 0) is 16.0 Å². The first-order valence-corrected chi connectivity index (χ1v) is 8.67. The third-order valence-corrected chi connectivity index (χ3v) is 4.30. The van der Waals surface area contributed by atoms with Crippen molar-refractivity contribution in [2.75, 3.05) is 18.4 Å². The number of halogens is 1. The third kappa shape index (κ3) is 4.67. The first-order valence-electron chi connectivity index (χ1n) is 8.67. The average molecular weight is 365 g/mol. The monoisotopic (exact) mass is 365 g/mol. The van der Waals surface area contributed by atoms with Gasteiger partial charge in [-0.05, 0) is 30.2 Å². The van der Waals surface area contributed by atoms with Crippen molar-refractivity contribution in [1.29, 1.82) is 0 Å². The van der Waals surface area contributed by atoms with E-state index in [1.807, 2.05) is 24.3 Å². The standard InChI is InChI=1S/C21H20FN3O2/c1-15(26)25(13-11-16-6-2-3-9-18(16)22)14-20(27)24-19-10-4-7-17-8-5-12-23-21(17)19/h2-10,12H,11,13-14H2,1H3,(H,24,27). The number of para-hydroxylation sites is 1. The predicted octanol–water partition coefficient (Wildman–Crippen LogP) is 3.40. The fourth-order valence-electron chi connectivity index (χ4n) is 2.87. The molecule has 0 saturated heterocycles. The van der Waals surface area contributed by atoms with Crippen LogP contribution in [0.5, 0.6) is 0 Å². The molecule has 0 saturated carbocycles. The summed E-state index contributed by atoms with van der Waals surface area (Å²) < 4.78 is 13.7. The quantitative estimate of drug-likeness (QED) is 0.728. The topological polar surface area (TPSA) is 62.3 Å². The van der Waals surface area contributed by atoms with Crippen LogP contribution in [0.15, 0.2) is 60.8 Å². The summed E-state index contributed by atoms with van der Waals surface area (Å²) in [5.41, 5.74) is 1.80. The van der Waals surface area contributed by atoms with Crippen LogP contribution in [0.3, 0.4) is 0 Å². The van der Waals surface area contributed by atoms with Gasteiger partial charge < -0.3 is 10.2 Å².